The molecule has 0 unspecified atom stereocenters. The van der Waals surface area contributed by atoms with Crippen molar-refractivity contribution in [3.63, 3.8) is 0 Å². The number of ketones is 1. The molecule has 98 valence electrons. The molecule has 2 aromatic rings. The molecule has 4 heteroatoms. The van der Waals surface area contributed by atoms with Crippen LogP contribution in [0.1, 0.15) is 33.6 Å². The molecule has 0 amide bonds. The van der Waals surface area contributed by atoms with Gasteiger partial charge >= 0.3 is 0 Å². The highest BCUT2D eigenvalue weighted by Crippen LogP contribution is 2.47. The van der Waals surface area contributed by atoms with Gasteiger partial charge in [0, 0.05) is 17.5 Å². The average Bonchev–Trinajstić information content (AvgIpc) is 3.14. The summed E-state index contributed by atoms with van der Waals surface area (Å²) in [5.74, 6) is 0.0832. The fourth-order valence-electron chi connectivity index (χ4n) is 2.32. The second-order valence-electron chi connectivity index (χ2n) is 4.99. The molecule has 0 spiro atoms. The minimum Gasteiger partial charge on any atom is -0.330 e. The molecule has 1 aromatic heterocycles. The summed E-state index contributed by atoms with van der Waals surface area (Å²) in [6.45, 7) is 0.693. The lowest BCUT2D eigenvalue weighted by Gasteiger charge is -2.12. The molecule has 1 saturated carbocycles. The zero-order valence-corrected chi connectivity index (χ0v) is 12.8. The van der Waals surface area contributed by atoms with Crippen LogP contribution in [0.3, 0.4) is 0 Å². The summed E-state index contributed by atoms with van der Waals surface area (Å²) in [5, 5.41) is 0. The molecule has 1 fully saturated rings. The molecular formula is C15H14BrNOS. The van der Waals surface area contributed by atoms with Crippen molar-refractivity contribution in [2.75, 3.05) is 6.54 Å². The van der Waals surface area contributed by atoms with Gasteiger partial charge in [0.25, 0.3) is 0 Å². The summed E-state index contributed by atoms with van der Waals surface area (Å²) in [6.07, 6.45) is 2.32. The van der Waals surface area contributed by atoms with Crippen LogP contribution in [0, 0.1) is 0 Å². The number of halogens is 1. The standard InChI is InChI=1S/C15H14BrNOS/c16-13-6-5-12(19-13)14(18)10-1-3-11(4-2-10)15(9-17)7-8-15/h1-6H,7-9,17H2. The normalized spacial score (nSPS) is 16.3. The first kappa shape index (κ1) is 13.0. The van der Waals surface area contributed by atoms with Crippen molar-refractivity contribution in [3.8, 4) is 0 Å². The molecular weight excluding hydrogens is 322 g/mol. The molecule has 1 aromatic carbocycles. The number of carbonyl (C=O) groups excluding carboxylic acids is 1. The highest BCUT2D eigenvalue weighted by molar-refractivity contribution is 9.11. The van der Waals surface area contributed by atoms with Gasteiger partial charge in [-0.3, -0.25) is 4.79 Å². The van der Waals surface area contributed by atoms with Gasteiger partial charge in [0.15, 0.2) is 0 Å². The number of nitrogens with two attached hydrogens (primary N) is 1. The van der Waals surface area contributed by atoms with E-state index < -0.39 is 0 Å². The fraction of sp³-hybridized carbons (Fsp3) is 0.267. The lowest BCUT2D eigenvalue weighted by atomic mass is 9.94. The van der Waals surface area contributed by atoms with E-state index in [2.05, 4.69) is 28.1 Å². The smallest absolute Gasteiger partial charge is 0.202 e. The van der Waals surface area contributed by atoms with Gasteiger partial charge in [-0.2, -0.15) is 0 Å². The topological polar surface area (TPSA) is 43.1 Å². The van der Waals surface area contributed by atoms with Crippen LogP contribution >= 0.6 is 27.3 Å². The van der Waals surface area contributed by atoms with E-state index in [4.69, 9.17) is 5.73 Å². The van der Waals surface area contributed by atoms with Crippen LogP contribution < -0.4 is 5.73 Å². The molecule has 19 heavy (non-hydrogen) atoms. The average molecular weight is 336 g/mol. The maximum atomic E-state index is 12.3. The lowest BCUT2D eigenvalue weighted by Crippen LogP contribution is -2.19. The van der Waals surface area contributed by atoms with Crippen molar-refractivity contribution in [3.05, 3.63) is 56.2 Å². The predicted octanol–water partition coefficient (Wildman–Crippen LogP) is 3.73. The van der Waals surface area contributed by atoms with Crippen LogP contribution in [0.15, 0.2) is 40.2 Å². The Morgan fingerprint density at radius 3 is 2.37 bits per heavy atom. The first-order valence-electron chi connectivity index (χ1n) is 6.25. The third-order valence-electron chi connectivity index (χ3n) is 3.80. The SMILES string of the molecule is NCC1(c2ccc(C(=O)c3ccc(Br)s3)cc2)CC1. The molecule has 0 saturated heterocycles. The molecule has 0 radical (unpaired) electrons. The summed E-state index contributed by atoms with van der Waals surface area (Å²) in [6, 6.07) is 11.7. The van der Waals surface area contributed by atoms with Gasteiger partial charge in [0.2, 0.25) is 5.78 Å². The van der Waals surface area contributed by atoms with Gasteiger partial charge < -0.3 is 5.73 Å². The summed E-state index contributed by atoms with van der Waals surface area (Å²) >= 11 is 4.85. The van der Waals surface area contributed by atoms with E-state index in [0.29, 0.717) is 6.54 Å². The quantitative estimate of drug-likeness (QED) is 0.865. The minimum atomic E-state index is 0.0832. The van der Waals surface area contributed by atoms with E-state index in [0.717, 1.165) is 27.1 Å². The van der Waals surface area contributed by atoms with Crippen LogP contribution in [-0.2, 0) is 5.41 Å². The van der Waals surface area contributed by atoms with Gasteiger partial charge in [0.05, 0.1) is 8.66 Å². The Labute approximate surface area is 124 Å². The van der Waals surface area contributed by atoms with Crippen molar-refractivity contribution in [2.24, 2.45) is 5.73 Å². The van der Waals surface area contributed by atoms with Gasteiger partial charge in [-0.25, -0.2) is 0 Å². The number of hydrogen-bond donors (Lipinski definition) is 1. The Morgan fingerprint density at radius 1 is 1.21 bits per heavy atom. The van der Waals surface area contributed by atoms with E-state index in [1.54, 1.807) is 0 Å². The maximum absolute atomic E-state index is 12.3. The van der Waals surface area contributed by atoms with Gasteiger partial charge in [-0.15, -0.1) is 11.3 Å². The fourth-order valence-corrected chi connectivity index (χ4v) is 3.66. The number of benzene rings is 1. The van der Waals surface area contributed by atoms with Gasteiger partial charge in [0.1, 0.15) is 0 Å². The Hall–Kier alpha value is -0.970. The Morgan fingerprint density at radius 2 is 1.89 bits per heavy atom. The molecule has 1 aliphatic rings. The van der Waals surface area contributed by atoms with Crippen LogP contribution in [-0.4, -0.2) is 12.3 Å². The largest absolute Gasteiger partial charge is 0.330 e. The van der Waals surface area contributed by atoms with E-state index in [1.807, 2.05) is 24.3 Å². The van der Waals surface area contributed by atoms with Gasteiger partial charge in [-0.1, -0.05) is 24.3 Å². The van der Waals surface area contributed by atoms with E-state index >= 15 is 0 Å². The number of hydrogen-bond acceptors (Lipinski definition) is 3. The molecule has 1 aliphatic carbocycles. The molecule has 0 aliphatic heterocycles. The Bertz CT molecular complexity index is 613. The van der Waals surface area contributed by atoms with Crippen molar-refractivity contribution >= 4 is 33.0 Å². The van der Waals surface area contributed by atoms with Crippen LogP contribution in [0.25, 0.3) is 0 Å². The van der Waals surface area contributed by atoms with Crippen molar-refractivity contribution in [1.29, 1.82) is 0 Å². The summed E-state index contributed by atoms with van der Waals surface area (Å²) in [4.78, 5) is 13.0. The van der Waals surface area contributed by atoms with Gasteiger partial charge in [-0.05, 0) is 46.5 Å². The molecule has 2 N–H and O–H groups in total. The Kier molecular flexibility index (Phi) is 3.33. The maximum Gasteiger partial charge on any atom is 0.202 e. The summed E-state index contributed by atoms with van der Waals surface area (Å²) in [5.41, 5.74) is 8.01. The third-order valence-corrected chi connectivity index (χ3v) is 5.42. The number of thiophene rings is 1. The molecule has 2 nitrogen and oxygen atoms in total. The van der Waals surface area contributed by atoms with Crippen LogP contribution in [0.4, 0.5) is 0 Å². The lowest BCUT2D eigenvalue weighted by molar-refractivity contribution is 0.104. The molecule has 0 atom stereocenters. The Balaban J connectivity index is 1.85. The number of rotatable bonds is 4. The summed E-state index contributed by atoms with van der Waals surface area (Å²) < 4.78 is 0.979. The van der Waals surface area contributed by atoms with Crippen LogP contribution in [0.5, 0.6) is 0 Å². The van der Waals surface area contributed by atoms with Crippen molar-refractivity contribution in [1.82, 2.24) is 0 Å². The second kappa shape index (κ2) is 4.85. The first-order chi connectivity index (χ1) is 9.14. The minimum absolute atomic E-state index is 0.0832. The predicted molar refractivity (Wildman–Crippen MR) is 81.9 cm³/mol. The van der Waals surface area contributed by atoms with Crippen molar-refractivity contribution < 1.29 is 4.79 Å². The van der Waals surface area contributed by atoms with E-state index in [1.165, 1.54) is 16.9 Å². The van der Waals surface area contributed by atoms with E-state index in [-0.39, 0.29) is 11.2 Å². The van der Waals surface area contributed by atoms with E-state index in [9.17, 15) is 4.79 Å². The van der Waals surface area contributed by atoms with Crippen LogP contribution in [0.2, 0.25) is 0 Å². The zero-order chi connectivity index (χ0) is 13.5. The second-order valence-corrected chi connectivity index (χ2v) is 7.46. The van der Waals surface area contributed by atoms with Crippen molar-refractivity contribution in [2.45, 2.75) is 18.3 Å². The summed E-state index contributed by atoms with van der Waals surface area (Å²) in [7, 11) is 0. The highest BCUT2D eigenvalue weighted by atomic mass is 79.9. The molecule has 3 rings (SSSR count). The molecule has 1 heterocycles. The highest BCUT2D eigenvalue weighted by Gasteiger charge is 2.42. The molecule has 0 bridgehead atoms. The first-order valence-corrected chi connectivity index (χ1v) is 7.86. The third kappa shape index (κ3) is 2.40. The zero-order valence-electron chi connectivity index (χ0n) is 10.4. The monoisotopic (exact) mass is 335 g/mol. The number of carbonyl (C=O) groups is 1.